The van der Waals surface area contributed by atoms with Crippen LogP contribution in [-0.4, -0.2) is 23.0 Å². The highest BCUT2D eigenvalue weighted by Gasteiger charge is 2.40. The van der Waals surface area contributed by atoms with E-state index < -0.39 is 17.9 Å². The van der Waals surface area contributed by atoms with Gasteiger partial charge in [0.1, 0.15) is 6.23 Å². The van der Waals surface area contributed by atoms with Crippen LogP contribution >= 0.6 is 0 Å². The number of benzene rings is 1. The Morgan fingerprint density at radius 3 is 2.63 bits per heavy atom. The topological polar surface area (TPSA) is 58.6 Å². The van der Waals surface area contributed by atoms with E-state index in [1.54, 1.807) is 19.9 Å². The predicted octanol–water partition coefficient (Wildman–Crippen LogP) is 1.83. The average Bonchev–Trinajstić information content (AvgIpc) is 2.65. The molecule has 0 aromatic heterocycles. The van der Waals surface area contributed by atoms with Gasteiger partial charge in [0, 0.05) is 11.1 Å². The van der Waals surface area contributed by atoms with Gasteiger partial charge in [0.05, 0.1) is 0 Å². The van der Waals surface area contributed by atoms with E-state index in [2.05, 4.69) is 11.9 Å². The SMILES string of the molecule is C=C(C)C(=O)OC1(C)NC(O)C=C1c1ccccc1. The van der Waals surface area contributed by atoms with Gasteiger partial charge in [0.2, 0.25) is 0 Å². The summed E-state index contributed by atoms with van der Waals surface area (Å²) in [6.07, 6.45) is 0.791. The maximum atomic E-state index is 11.7. The van der Waals surface area contributed by atoms with Crippen molar-refractivity contribution in [3.05, 3.63) is 54.1 Å². The lowest BCUT2D eigenvalue weighted by Crippen LogP contribution is -2.46. The summed E-state index contributed by atoms with van der Waals surface area (Å²) in [6.45, 7) is 6.86. The zero-order chi connectivity index (χ0) is 14.0. The lowest BCUT2D eigenvalue weighted by atomic mass is 9.98. The predicted molar refractivity (Wildman–Crippen MR) is 72.9 cm³/mol. The third-order valence-electron chi connectivity index (χ3n) is 2.99. The van der Waals surface area contributed by atoms with Gasteiger partial charge >= 0.3 is 5.97 Å². The molecule has 0 spiro atoms. The lowest BCUT2D eigenvalue weighted by molar-refractivity contribution is -0.151. The number of esters is 1. The molecule has 0 amide bonds. The number of carbonyl (C=O) groups is 1. The Kier molecular flexibility index (Phi) is 3.55. The molecule has 19 heavy (non-hydrogen) atoms. The molecule has 1 aromatic carbocycles. The first kappa shape index (κ1) is 13.5. The fourth-order valence-electron chi connectivity index (χ4n) is 2.06. The molecule has 1 heterocycles. The van der Waals surface area contributed by atoms with Gasteiger partial charge in [0.25, 0.3) is 0 Å². The molecule has 0 aliphatic carbocycles. The van der Waals surface area contributed by atoms with Crippen LogP contribution < -0.4 is 5.32 Å². The molecule has 4 heteroatoms. The van der Waals surface area contributed by atoms with E-state index in [0.717, 1.165) is 11.1 Å². The van der Waals surface area contributed by atoms with E-state index in [4.69, 9.17) is 4.74 Å². The van der Waals surface area contributed by atoms with E-state index in [1.165, 1.54) is 0 Å². The van der Waals surface area contributed by atoms with Gasteiger partial charge in [-0.05, 0) is 25.5 Å². The summed E-state index contributed by atoms with van der Waals surface area (Å²) < 4.78 is 5.42. The molecule has 2 unspecified atom stereocenters. The van der Waals surface area contributed by atoms with Crippen LogP contribution in [0.2, 0.25) is 0 Å². The van der Waals surface area contributed by atoms with Gasteiger partial charge < -0.3 is 9.84 Å². The maximum Gasteiger partial charge on any atom is 0.335 e. The Labute approximate surface area is 112 Å². The minimum absolute atomic E-state index is 0.317. The fourth-order valence-corrected chi connectivity index (χ4v) is 2.06. The highest BCUT2D eigenvalue weighted by molar-refractivity contribution is 5.89. The molecular formula is C15H17NO3. The van der Waals surface area contributed by atoms with Crippen LogP contribution in [0.3, 0.4) is 0 Å². The third-order valence-corrected chi connectivity index (χ3v) is 2.99. The molecule has 2 N–H and O–H groups in total. The van der Waals surface area contributed by atoms with Crippen LogP contribution in [0, 0.1) is 0 Å². The Hall–Kier alpha value is -1.91. The first-order chi connectivity index (χ1) is 8.92. The smallest absolute Gasteiger partial charge is 0.335 e. The fraction of sp³-hybridized carbons (Fsp3) is 0.267. The number of nitrogens with one attached hydrogen (secondary N) is 1. The van der Waals surface area contributed by atoms with Crippen LogP contribution in [0.25, 0.3) is 5.57 Å². The van der Waals surface area contributed by atoms with Crippen molar-refractivity contribution in [2.75, 3.05) is 0 Å². The van der Waals surface area contributed by atoms with Crippen molar-refractivity contribution in [1.29, 1.82) is 0 Å². The molecule has 0 saturated carbocycles. The minimum Gasteiger partial charge on any atom is -0.436 e. The molecule has 0 radical (unpaired) electrons. The Bertz CT molecular complexity index is 536. The number of ether oxygens (including phenoxy) is 1. The maximum absolute atomic E-state index is 11.7. The van der Waals surface area contributed by atoms with Gasteiger partial charge in [-0.25, -0.2) is 10.1 Å². The van der Waals surface area contributed by atoms with Crippen LogP contribution in [0.15, 0.2) is 48.6 Å². The zero-order valence-electron chi connectivity index (χ0n) is 11.0. The standard InChI is InChI=1S/C15H17NO3/c1-10(2)14(18)19-15(3)12(9-13(17)16-15)11-7-5-4-6-8-11/h4-9,13,16-17H,1H2,2-3H3. The largest absolute Gasteiger partial charge is 0.436 e. The van der Waals surface area contributed by atoms with Crippen molar-refractivity contribution < 1.29 is 14.6 Å². The molecule has 0 bridgehead atoms. The number of rotatable bonds is 3. The number of aliphatic hydroxyl groups excluding tert-OH is 1. The molecule has 1 aliphatic rings. The first-order valence-corrected chi connectivity index (χ1v) is 6.05. The summed E-state index contributed by atoms with van der Waals surface area (Å²) in [5, 5.41) is 12.6. The van der Waals surface area contributed by atoms with E-state index in [0.29, 0.717) is 5.57 Å². The molecule has 0 fully saturated rings. The normalized spacial score (nSPS) is 25.8. The minimum atomic E-state index is -1.06. The van der Waals surface area contributed by atoms with E-state index in [-0.39, 0.29) is 0 Å². The van der Waals surface area contributed by atoms with Gasteiger partial charge in [-0.1, -0.05) is 36.9 Å². The summed E-state index contributed by atoms with van der Waals surface area (Å²) >= 11 is 0. The van der Waals surface area contributed by atoms with Crippen molar-refractivity contribution in [3.8, 4) is 0 Å². The molecule has 1 aromatic rings. The van der Waals surface area contributed by atoms with E-state index >= 15 is 0 Å². The highest BCUT2D eigenvalue weighted by atomic mass is 16.6. The molecular weight excluding hydrogens is 242 g/mol. The van der Waals surface area contributed by atoms with Crippen molar-refractivity contribution in [1.82, 2.24) is 5.32 Å². The Balaban J connectivity index is 2.32. The van der Waals surface area contributed by atoms with Gasteiger partial charge in [-0.15, -0.1) is 0 Å². The van der Waals surface area contributed by atoms with Crippen LogP contribution in [0.1, 0.15) is 19.4 Å². The number of carbonyl (C=O) groups excluding carboxylic acids is 1. The second-order valence-electron chi connectivity index (χ2n) is 4.74. The summed E-state index contributed by atoms with van der Waals surface area (Å²) in [5.74, 6) is -0.495. The van der Waals surface area contributed by atoms with Crippen molar-refractivity contribution in [2.45, 2.75) is 25.8 Å². The molecule has 2 atom stereocenters. The molecule has 100 valence electrons. The summed E-state index contributed by atoms with van der Waals surface area (Å²) in [4.78, 5) is 11.7. The van der Waals surface area contributed by atoms with Gasteiger partial charge in [-0.2, -0.15) is 0 Å². The molecule has 4 nitrogen and oxygen atoms in total. The number of aliphatic hydroxyl groups is 1. The molecule has 0 saturated heterocycles. The quantitative estimate of drug-likeness (QED) is 0.642. The number of hydrogen-bond acceptors (Lipinski definition) is 4. The van der Waals surface area contributed by atoms with Crippen LogP contribution in [-0.2, 0) is 9.53 Å². The van der Waals surface area contributed by atoms with Gasteiger partial charge in [0.15, 0.2) is 5.72 Å². The Morgan fingerprint density at radius 2 is 2.05 bits per heavy atom. The molecule has 2 rings (SSSR count). The first-order valence-electron chi connectivity index (χ1n) is 6.05. The lowest BCUT2D eigenvalue weighted by Gasteiger charge is -2.29. The highest BCUT2D eigenvalue weighted by Crippen LogP contribution is 2.33. The molecule has 1 aliphatic heterocycles. The summed E-state index contributed by atoms with van der Waals surface area (Å²) in [7, 11) is 0. The van der Waals surface area contributed by atoms with Crippen LogP contribution in [0.4, 0.5) is 0 Å². The van der Waals surface area contributed by atoms with Crippen molar-refractivity contribution in [2.24, 2.45) is 0 Å². The van der Waals surface area contributed by atoms with E-state index in [1.807, 2.05) is 30.3 Å². The monoisotopic (exact) mass is 259 g/mol. The Morgan fingerprint density at radius 1 is 1.42 bits per heavy atom. The van der Waals surface area contributed by atoms with Crippen molar-refractivity contribution >= 4 is 11.5 Å². The third kappa shape index (κ3) is 2.75. The van der Waals surface area contributed by atoms with E-state index in [9.17, 15) is 9.90 Å². The zero-order valence-corrected chi connectivity index (χ0v) is 11.0. The van der Waals surface area contributed by atoms with Crippen LogP contribution in [0.5, 0.6) is 0 Å². The summed E-state index contributed by atoms with van der Waals surface area (Å²) in [5.41, 5.74) is 0.882. The summed E-state index contributed by atoms with van der Waals surface area (Å²) in [6, 6.07) is 9.49. The van der Waals surface area contributed by atoms with Crippen molar-refractivity contribution in [3.63, 3.8) is 0 Å². The number of hydrogen-bond donors (Lipinski definition) is 2. The second kappa shape index (κ2) is 4.99. The average molecular weight is 259 g/mol. The second-order valence-corrected chi connectivity index (χ2v) is 4.74. The van der Waals surface area contributed by atoms with Gasteiger partial charge in [-0.3, -0.25) is 0 Å².